The maximum atomic E-state index is 12.4. The minimum atomic E-state index is -0.728. The largest absolute Gasteiger partial charge is 0.481 e. The number of likely N-dealkylation sites (tertiary alicyclic amines) is 1. The molecule has 1 aliphatic heterocycles. The van der Waals surface area contributed by atoms with Gasteiger partial charge in [0.05, 0.1) is 18.5 Å². The zero-order chi connectivity index (χ0) is 17.8. The Hall–Kier alpha value is -2.40. The highest BCUT2D eigenvalue weighted by molar-refractivity contribution is 5.87. The van der Waals surface area contributed by atoms with E-state index in [1.54, 1.807) is 0 Å². The Bertz CT molecular complexity index is 761. The summed E-state index contributed by atoms with van der Waals surface area (Å²) in [5, 5.41) is 14.4. The van der Waals surface area contributed by atoms with Gasteiger partial charge >= 0.3 is 5.97 Å². The van der Waals surface area contributed by atoms with Crippen molar-refractivity contribution in [3.63, 3.8) is 0 Å². The number of hydrogen-bond donors (Lipinski definition) is 2. The van der Waals surface area contributed by atoms with Crippen molar-refractivity contribution in [1.29, 1.82) is 0 Å². The Morgan fingerprint density at radius 2 is 1.84 bits per heavy atom. The lowest BCUT2D eigenvalue weighted by Crippen LogP contribution is -2.43. The number of nitrogens with one attached hydrogen (secondary N) is 1. The number of fused-ring (bicyclic) bond motifs is 1. The van der Waals surface area contributed by atoms with Crippen LogP contribution in [0.4, 0.5) is 0 Å². The van der Waals surface area contributed by atoms with Crippen LogP contribution in [0.1, 0.15) is 31.4 Å². The number of nitrogens with zero attached hydrogens (tertiary/aromatic N) is 1. The lowest BCUT2D eigenvalue weighted by Gasteiger charge is -2.29. The molecule has 0 saturated carbocycles. The van der Waals surface area contributed by atoms with Crippen LogP contribution >= 0.6 is 0 Å². The molecule has 5 nitrogen and oxygen atoms in total. The predicted molar refractivity (Wildman–Crippen MR) is 97.3 cm³/mol. The summed E-state index contributed by atoms with van der Waals surface area (Å²) in [7, 11) is 0. The summed E-state index contributed by atoms with van der Waals surface area (Å²) in [4.78, 5) is 25.4. The average Bonchev–Trinajstić information content (AvgIpc) is 2.61. The second kappa shape index (κ2) is 7.66. The van der Waals surface area contributed by atoms with Gasteiger partial charge < -0.3 is 10.4 Å². The smallest absolute Gasteiger partial charge is 0.306 e. The highest BCUT2D eigenvalue weighted by Gasteiger charge is 2.25. The number of aliphatic carboxylic acids is 1. The van der Waals surface area contributed by atoms with Crippen molar-refractivity contribution >= 4 is 22.6 Å². The van der Waals surface area contributed by atoms with E-state index in [0.717, 1.165) is 16.3 Å². The molecule has 2 aromatic rings. The molecule has 3 rings (SSSR count). The van der Waals surface area contributed by atoms with E-state index in [1.807, 2.05) is 36.1 Å². The van der Waals surface area contributed by atoms with Gasteiger partial charge in [-0.3, -0.25) is 14.5 Å². The Morgan fingerprint density at radius 1 is 1.16 bits per heavy atom. The molecule has 1 aliphatic rings. The van der Waals surface area contributed by atoms with Gasteiger partial charge in [-0.1, -0.05) is 42.5 Å². The number of carboxylic acids is 1. The van der Waals surface area contributed by atoms with Crippen LogP contribution in [0.15, 0.2) is 42.5 Å². The van der Waals surface area contributed by atoms with Gasteiger partial charge in [0.2, 0.25) is 5.91 Å². The molecule has 132 valence electrons. The average molecular weight is 340 g/mol. The first kappa shape index (κ1) is 17.4. The van der Waals surface area contributed by atoms with Crippen molar-refractivity contribution in [2.24, 2.45) is 5.92 Å². The molecule has 0 aromatic heterocycles. The van der Waals surface area contributed by atoms with E-state index in [4.69, 9.17) is 5.11 Å². The van der Waals surface area contributed by atoms with E-state index in [2.05, 4.69) is 23.5 Å². The Kier molecular flexibility index (Phi) is 5.34. The lowest BCUT2D eigenvalue weighted by atomic mass is 9.97. The van der Waals surface area contributed by atoms with E-state index >= 15 is 0 Å². The zero-order valence-corrected chi connectivity index (χ0v) is 14.4. The van der Waals surface area contributed by atoms with E-state index in [0.29, 0.717) is 32.5 Å². The lowest BCUT2D eigenvalue weighted by molar-refractivity contribution is -0.143. The van der Waals surface area contributed by atoms with Crippen molar-refractivity contribution in [2.45, 2.75) is 25.8 Å². The molecule has 0 radical (unpaired) electrons. The van der Waals surface area contributed by atoms with Crippen molar-refractivity contribution in [2.75, 3.05) is 19.6 Å². The van der Waals surface area contributed by atoms with Crippen LogP contribution in [0.3, 0.4) is 0 Å². The van der Waals surface area contributed by atoms with Gasteiger partial charge in [-0.2, -0.15) is 0 Å². The molecule has 25 heavy (non-hydrogen) atoms. The summed E-state index contributed by atoms with van der Waals surface area (Å²) in [5.74, 6) is -1.02. The minimum absolute atomic E-state index is 0.0193. The van der Waals surface area contributed by atoms with Crippen molar-refractivity contribution in [3.8, 4) is 0 Å². The highest BCUT2D eigenvalue weighted by atomic mass is 16.4. The Labute approximate surface area is 147 Å². The first-order chi connectivity index (χ1) is 12.0. The third kappa shape index (κ3) is 4.17. The van der Waals surface area contributed by atoms with Gasteiger partial charge in [-0.05, 0) is 49.2 Å². The van der Waals surface area contributed by atoms with Crippen molar-refractivity contribution < 1.29 is 14.7 Å². The van der Waals surface area contributed by atoms with Gasteiger partial charge in [0, 0.05) is 0 Å². The van der Waals surface area contributed by atoms with E-state index in [1.165, 1.54) is 0 Å². The van der Waals surface area contributed by atoms with Crippen LogP contribution in [0.5, 0.6) is 0 Å². The molecule has 1 fully saturated rings. The summed E-state index contributed by atoms with van der Waals surface area (Å²) in [6, 6.07) is 14.2. The van der Waals surface area contributed by atoms with Crippen LogP contribution < -0.4 is 5.32 Å². The van der Waals surface area contributed by atoms with Crippen LogP contribution in [0.2, 0.25) is 0 Å². The van der Waals surface area contributed by atoms with Crippen molar-refractivity contribution in [3.05, 3.63) is 48.0 Å². The van der Waals surface area contributed by atoms with E-state index in [9.17, 15) is 9.59 Å². The highest BCUT2D eigenvalue weighted by Crippen LogP contribution is 2.24. The third-order valence-corrected chi connectivity index (χ3v) is 4.97. The number of benzene rings is 2. The van der Waals surface area contributed by atoms with Crippen molar-refractivity contribution in [1.82, 2.24) is 10.2 Å². The minimum Gasteiger partial charge on any atom is -0.481 e. The fourth-order valence-corrected chi connectivity index (χ4v) is 3.53. The molecule has 1 heterocycles. The predicted octanol–water partition coefficient (Wildman–Crippen LogP) is 2.81. The summed E-state index contributed by atoms with van der Waals surface area (Å²) < 4.78 is 0. The first-order valence-corrected chi connectivity index (χ1v) is 8.77. The van der Waals surface area contributed by atoms with E-state index < -0.39 is 5.97 Å². The quantitative estimate of drug-likeness (QED) is 0.878. The molecule has 2 aromatic carbocycles. The van der Waals surface area contributed by atoms with Crippen LogP contribution in [-0.4, -0.2) is 41.5 Å². The Morgan fingerprint density at radius 3 is 2.56 bits per heavy atom. The summed E-state index contributed by atoms with van der Waals surface area (Å²) in [6.45, 7) is 3.64. The Balaban J connectivity index is 1.58. The van der Waals surface area contributed by atoms with E-state index in [-0.39, 0.29) is 17.9 Å². The maximum absolute atomic E-state index is 12.4. The third-order valence-electron chi connectivity index (χ3n) is 4.97. The summed E-state index contributed by atoms with van der Waals surface area (Å²) >= 11 is 0. The van der Waals surface area contributed by atoms with Gasteiger partial charge in [-0.15, -0.1) is 0 Å². The molecule has 1 amide bonds. The molecule has 1 unspecified atom stereocenters. The molecule has 1 saturated heterocycles. The molecular weight excluding hydrogens is 316 g/mol. The fourth-order valence-electron chi connectivity index (χ4n) is 3.53. The number of amides is 1. The number of piperidine rings is 1. The van der Waals surface area contributed by atoms with Crippen LogP contribution in [0, 0.1) is 5.92 Å². The zero-order valence-electron chi connectivity index (χ0n) is 14.4. The molecular formula is C20H24N2O3. The number of carbonyl (C=O) groups is 2. The molecule has 0 bridgehead atoms. The maximum Gasteiger partial charge on any atom is 0.306 e. The molecule has 0 aliphatic carbocycles. The van der Waals surface area contributed by atoms with Gasteiger partial charge in [-0.25, -0.2) is 0 Å². The summed E-state index contributed by atoms with van der Waals surface area (Å²) in [5.41, 5.74) is 1.11. The SMILES string of the molecule is CC(NC(=O)CN1CCC(C(=O)O)CC1)c1cccc2ccccc12. The topological polar surface area (TPSA) is 69.6 Å². The number of carboxylic acid groups (broad SMARTS) is 1. The molecule has 5 heteroatoms. The first-order valence-electron chi connectivity index (χ1n) is 8.77. The summed E-state index contributed by atoms with van der Waals surface area (Å²) in [6.07, 6.45) is 1.23. The molecule has 0 spiro atoms. The second-order valence-corrected chi connectivity index (χ2v) is 6.75. The van der Waals surface area contributed by atoms with Gasteiger partial charge in [0.1, 0.15) is 0 Å². The standard InChI is InChI=1S/C20H24N2O3/c1-14(17-8-4-6-15-5-2-3-7-18(15)17)21-19(23)13-22-11-9-16(10-12-22)20(24)25/h2-8,14,16H,9-13H2,1H3,(H,21,23)(H,24,25). The second-order valence-electron chi connectivity index (χ2n) is 6.75. The van der Waals surface area contributed by atoms with Crippen LogP contribution in [0.25, 0.3) is 10.8 Å². The number of carbonyl (C=O) groups excluding carboxylic acids is 1. The monoisotopic (exact) mass is 340 g/mol. The van der Waals surface area contributed by atoms with Gasteiger partial charge in [0.25, 0.3) is 0 Å². The number of hydrogen-bond acceptors (Lipinski definition) is 3. The molecule has 2 N–H and O–H groups in total. The normalized spacial score (nSPS) is 17.3. The van der Waals surface area contributed by atoms with Crippen LogP contribution in [-0.2, 0) is 9.59 Å². The fraction of sp³-hybridized carbons (Fsp3) is 0.400. The number of rotatable bonds is 5. The molecule has 1 atom stereocenters. The van der Waals surface area contributed by atoms with Gasteiger partial charge in [0.15, 0.2) is 0 Å².